The second-order valence-electron chi connectivity index (χ2n) is 4.01. The predicted molar refractivity (Wildman–Crippen MR) is 83.3 cm³/mol. The summed E-state index contributed by atoms with van der Waals surface area (Å²) in [5.41, 5.74) is 2.02. The number of aryl methyl sites for hydroxylation is 1. The number of anilines is 1. The highest BCUT2D eigenvalue weighted by Gasteiger charge is 2.12. The molecule has 2 nitrogen and oxygen atoms in total. The number of benzene rings is 2. The van der Waals surface area contributed by atoms with Crippen molar-refractivity contribution in [2.75, 3.05) is 5.32 Å². The fraction of sp³-hybridized carbons (Fsp3) is 0.0714. The Morgan fingerprint density at radius 3 is 2.68 bits per heavy atom. The van der Waals surface area contributed by atoms with E-state index in [0.717, 1.165) is 5.56 Å². The van der Waals surface area contributed by atoms with Crippen molar-refractivity contribution < 1.29 is 4.79 Å². The van der Waals surface area contributed by atoms with E-state index in [1.807, 2.05) is 13.0 Å². The molecule has 0 spiro atoms. The number of amides is 1. The second kappa shape index (κ2) is 5.95. The van der Waals surface area contributed by atoms with Crippen LogP contribution in [0.3, 0.4) is 0 Å². The molecule has 0 unspecified atom stereocenters. The van der Waals surface area contributed by atoms with Crippen LogP contribution in [0.5, 0.6) is 0 Å². The van der Waals surface area contributed by atoms with Crippen LogP contribution in [0.25, 0.3) is 0 Å². The molecule has 0 bridgehead atoms. The van der Waals surface area contributed by atoms with E-state index in [0.29, 0.717) is 25.8 Å². The molecule has 19 heavy (non-hydrogen) atoms. The first-order valence-corrected chi connectivity index (χ1v) is 7.05. The molecule has 0 heterocycles. The quantitative estimate of drug-likeness (QED) is 0.773. The van der Waals surface area contributed by atoms with E-state index in [-0.39, 0.29) is 5.91 Å². The van der Waals surface area contributed by atoms with Gasteiger partial charge in [-0.25, -0.2) is 0 Å². The Balaban J connectivity index is 2.31. The van der Waals surface area contributed by atoms with Gasteiger partial charge in [-0.3, -0.25) is 4.79 Å². The Morgan fingerprint density at radius 2 is 1.95 bits per heavy atom. The van der Waals surface area contributed by atoms with Gasteiger partial charge in [-0.2, -0.15) is 0 Å². The number of hydrogen-bond acceptors (Lipinski definition) is 1. The van der Waals surface area contributed by atoms with Gasteiger partial charge < -0.3 is 5.32 Å². The van der Waals surface area contributed by atoms with E-state index in [9.17, 15) is 4.79 Å². The van der Waals surface area contributed by atoms with Crippen LogP contribution in [0.15, 0.2) is 40.9 Å². The summed E-state index contributed by atoms with van der Waals surface area (Å²) in [5.74, 6) is -0.219. The lowest BCUT2D eigenvalue weighted by atomic mass is 10.1. The van der Waals surface area contributed by atoms with Crippen molar-refractivity contribution in [1.82, 2.24) is 0 Å². The summed E-state index contributed by atoms with van der Waals surface area (Å²) in [6.45, 7) is 1.86. The van der Waals surface area contributed by atoms with Crippen LogP contribution in [0.2, 0.25) is 10.0 Å². The summed E-state index contributed by atoms with van der Waals surface area (Å²) in [6, 6.07) is 10.5. The Hall–Kier alpha value is -1.03. The summed E-state index contributed by atoms with van der Waals surface area (Å²) in [7, 11) is 0. The second-order valence-corrected chi connectivity index (χ2v) is 5.65. The Morgan fingerprint density at radius 1 is 1.21 bits per heavy atom. The van der Waals surface area contributed by atoms with Crippen molar-refractivity contribution >= 4 is 50.7 Å². The van der Waals surface area contributed by atoms with Gasteiger partial charge >= 0.3 is 0 Å². The highest BCUT2D eigenvalue weighted by molar-refractivity contribution is 9.10. The molecule has 0 fully saturated rings. The van der Waals surface area contributed by atoms with E-state index in [1.165, 1.54) is 0 Å². The maximum atomic E-state index is 12.2. The molecule has 0 radical (unpaired) electrons. The van der Waals surface area contributed by atoms with Crippen molar-refractivity contribution in [3.8, 4) is 0 Å². The number of hydrogen-bond donors (Lipinski definition) is 1. The normalized spacial score (nSPS) is 10.3. The fourth-order valence-corrected chi connectivity index (χ4v) is 2.34. The van der Waals surface area contributed by atoms with Gasteiger partial charge in [0.2, 0.25) is 0 Å². The van der Waals surface area contributed by atoms with Gasteiger partial charge in [-0.15, -0.1) is 0 Å². The molecule has 0 saturated heterocycles. The SMILES string of the molecule is Cc1ccc(Cl)cc1C(=O)Nc1cccc(Cl)c1Br. The molecule has 0 aliphatic rings. The number of carbonyl (C=O) groups is 1. The van der Waals surface area contributed by atoms with Crippen molar-refractivity contribution in [3.05, 3.63) is 62.0 Å². The molecular formula is C14H10BrCl2NO. The molecule has 1 amide bonds. The molecule has 2 rings (SSSR count). The topological polar surface area (TPSA) is 29.1 Å². The van der Waals surface area contributed by atoms with E-state index in [4.69, 9.17) is 23.2 Å². The van der Waals surface area contributed by atoms with Crippen LogP contribution < -0.4 is 5.32 Å². The Bertz CT molecular complexity index is 643. The van der Waals surface area contributed by atoms with Gasteiger partial charge in [-0.1, -0.05) is 35.3 Å². The molecule has 2 aromatic carbocycles. The van der Waals surface area contributed by atoms with Gasteiger partial charge in [0.15, 0.2) is 0 Å². The highest BCUT2D eigenvalue weighted by atomic mass is 79.9. The standard InChI is InChI=1S/C14H10BrCl2NO/c1-8-5-6-9(16)7-10(8)14(19)18-12-4-2-3-11(17)13(12)15/h2-7H,1H3,(H,18,19). The first kappa shape index (κ1) is 14.4. The van der Waals surface area contributed by atoms with Gasteiger partial charge in [0.05, 0.1) is 15.2 Å². The lowest BCUT2D eigenvalue weighted by Gasteiger charge is -2.10. The fourth-order valence-electron chi connectivity index (χ4n) is 1.63. The number of rotatable bonds is 2. The average molecular weight is 359 g/mol. The summed E-state index contributed by atoms with van der Waals surface area (Å²) < 4.78 is 0.657. The third-order valence-corrected chi connectivity index (χ3v) is 4.28. The maximum absolute atomic E-state index is 12.2. The molecule has 0 atom stereocenters. The van der Waals surface area contributed by atoms with Gasteiger partial charge in [-0.05, 0) is 52.7 Å². The Kier molecular flexibility index (Phi) is 4.50. The summed E-state index contributed by atoms with van der Waals surface area (Å²) in [6.07, 6.45) is 0. The van der Waals surface area contributed by atoms with Gasteiger partial charge in [0.25, 0.3) is 5.91 Å². The molecular weight excluding hydrogens is 349 g/mol. The first-order valence-electron chi connectivity index (χ1n) is 5.50. The Labute approximate surface area is 129 Å². The van der Waals surface area contributed by atoms with E-state index < -0.39 is 0 Å². The molecule has 5 heteroatoms. The molecule has 0 aliphatic heterocycles. The maximum Gasteiger partial charge on any atom is 0.256 e. The van der Waals surface area contributed by atoms with Crippen LogP contribution >= 0.6 is 39.1 Å². The third kappa shape index (κ3) is 3.30. The van der Waals surface area contributed by atoms with Crippen LogP contribution in [-0.2, 0) is 0 Å². The van der Waals surface area contributed by atoms with Crippen LogP contribution in [0.1, 0.15) is 15.9 Å². The van der Waals surface area contributed by atoms with Gasteiger partial charge in [0, 0.05) is 10.6 Å². The number of nitrogens with one attached hydrogen (secondary N) is 1. The molecule has 1 N–H and O–H groups in total. The summed E-state index contributed by atoms with van der Waals surface area (Å²) >= 11 is 15.2. The summed E-state index contributed by atoms with van der Waals surface area (Å²) in [5, 5.41) is 3.88. The van der Waals surface area contributed by atoms with Crippen molar-refractivity contribution in [3.63, 3.8) is 0 Å². The minimum Gasteiger partial charge on any atom is -0.321 e. The number of halogens is 3. The zero-order chi connectivity index (χ0) is 14.0. The smallest absolute Gasteiger partial charge is 0.256 e. The van der Waals surface area contributed by atoms with E-state index >= 15 is 0 Å². The molecule has 0 aliphatic carbocycles. The molecule has 98 valence electrons. The molecule has 2 aromatic rings. The molecule has 0 saturated carbocycles. The van der Waals surface area contributed by atoms with E-state index in [2.05, 4.69) is 21.2 Å². The lowest BCUT2D eigenvalue weighted by Crippen LogP contribution is -2.13. The van der Waals surface area contributed by atoms with Crippen molar-refractivity contribution in [2.24, 2.45) is 0 Å². The lowest BCUT2D eigenvalue weighted by molar-refractivity contribution is 0.102. The average Bonchev–Trinajstić information content (AvgIpc) is 2.38. The van der Waals surface area contributed by atoms with Crippen LogP contribution in [0, 0.1) is 6.92 Å². The first-order chi connectivity index (χ1) is 8.99. The van der Waals surface area contributed by atoms with Crippen LogP contribution in [-0.4, -0.2) is 5.91 Å². The largest absolute Gasteiger partial charge is 0.321 e. The molecule has 0 aromatic heterocycles. The van der Waals surface area contributed by atoms with Gasteiger partial charge in [0.1, 0.15) is 0 Å². The summed E-state index contributed by atoms with van der Waals surface area (Å²) in [4.78, 5) is 12.2. The minimum absolute atomic E-state index is 0.219. The van der Waals surface area contributed by atoms with E-state index in [1.54, 1.807) is 30.3 Å². The van der Waals surface area contributed by atoms with Crippen molar-refractivity contribution in [1.29, 1.82) is 0 Å². The zero-order valence-electron chi connectivity index (χ0n) is 10.0. The van der Waals surface area contributed by atoms with Crippen LogP contribution in [0.4, 0.5) is 5.69 Å². The minimum atomic E-state index is -0.219. The van der Waals surface area contributed by atoms with Crippen molar-refractivity contribution in [2.45, 2.75) is 6.92 Å². The predicted octanol–water partition coefficient (Wildman–Crippen LogP) is 5.32. The monoisotopic (exact) mass is 357 g/mol. The highest BCUT2D eigenvalue weighted by Crippen LogP contribution is 2.30. The zero-order valence-corrected chi connectivity index (χ0v) is 13.1. The third-order valence-electron chi connectivity index (χ3n) is 2.64. The number of carbonyl (C=O) groups excluding carboxylic acids is 1.